The van der Waals surface area contributed by atoms with Crippen LogP contribution in [0.2, 0.25) is 0 Å². The van der Waals surface area contributed by atoms with Crippen LogP contribution in [-0.4, -0.2) is 21.8 Å². The Hall–Kier alpha value is -2.36. The molecule has 1 aromatic carbocycles. The van der Waals surface area contributed by atoms with Crippen LogP contribution >= 0.6 is 0 Å². The molecule has 1 heterocycles. The van der Waals surface area contributed by atoms with Crippen molar-refractivity contribution in [2.45, 2.75) is 13.3 Å². The number of benzene rings is 1. The van der Waals surface area contributed by atoms with Gasteiger partial charge in [-0.05, 0) is 0 Å². The van der Waals surface area contributed by atoms with E-state index in [9.17, 15) is 9.59 Å². The highest BCUT2D eigenvalue weighted by atomic mass is 16.1. The summed E-state index contributed by atoms with van der Waals surface area (Å²) in [5.41, 5.74) is 1.18. The minimum Gasteiger partial charge on any atom is -0.294 e. The van der Waals surface area contributed by atoms with E-state index in [1.807, 2.05) is 6.07 Å². The van der Waals surface area contributed by atoms with Gasteiger partial charge in [-0.15, -0.1) is 0 Å². The molecule has 0 amide bonds. The summed E-state index contributed by atoms with van der Waals surface area (Å²) in [6, 6.07) is 8.82. The second-order valence-corrected chi connectivity index (χ2v) is 3.79. The van der Waals surface area contributed by atoms with E-state index in [-0.39, 0.29) is 11.6 Å². The van der Waals surface area contributed by atoms with Crippen LogP contribution in [-0.2, 0) is 0 Å². The molecule has 0 fully saturated rings. The van der Waals surface area contributed by atoms with Crippen LogP contribution in [0.5, 0.6) is 0 Å². The van der Waals surface area contributed by atoms with Crippen LogP contribution in [0.4, 0.5) is 0 Å². The predicted molar refractivity (Wildman–Crippen MR) is 66.5 cm³/mol. The average Bonchev–Trinajstić information content (AvgIpc) is 2.46. The molecule has 0 bridgehead atoms. The SMILES string of the molecule is CCC(=O)c1cnncc1C(=O)c1ccccc1. The third-order valence-electron chi connectivity index (χ3n) is 2.63. The number of hydrogen-bond acceptors (Lipinski definition) is 4. The lowest BCUT2D eigenvalue weighted by molar-refractivity contribution is 0.0971. The van der Waals surface area contributed by atoms with E-state index in [4.69, 9.17) is 0 Å². The molecule has 0 unspecified atom stereocenters. The van der Waals surface area contributed by atoms with Crippen molar-refractivity contribution in [1.82, 2.24) is 10.2 Å². The summed E-state index contributed by atoms with van der Waals surface area (Å²) in [6.45, 7) is 1.75. The Morgan fingerprint density at radius 2 is 1.61 bits per heavy atom. The number of nitrogens with zero attached hydrogens (tertiary/aromatic N) is 2. The third-order valence-corrected chi connectivity index (χ3v) is 2.63. The van der Waals surface area contributed by atoms with Gasteiger partial charge in [-0.1, -0.05) is 37.3 Å². The molecule has 0 aliphatic carbocycles. The maximum Gasteiger partial charge on any atom is 0.195 e. The Morgan fingerprint density at radius 3 is 2.22 bits per heavy atom. The number of rotatable bonds is 4. The van der Waals surface area contributed by atoms with Crippen LogP contribution in [0, 0.1) is 0 Å². The van der Waals surface area contributed by atoms with Gasteiger partial charge in [0.2, 0.25) is 0 Å². The monoisotopic (exact) mass is 240 g/mol. The number of hydrogen-bond donors (Lipinski definition) is 0. The molecule has 0 aliphatic rings. The number of Topliss-reactive ketones (excluding diaryl/α,β-unsaturated/α-hetero) is 1. The summed E-state index contributed by atoms with van der Waals surface area (Å²) in [5.74, 6) is -0.313. The first-order valence-electron chi connectivity index (χ1n) is 5.67. The predicted octanol–water partition coefficient (Wildman–Crippen LogP) is 2.30. The zero-order valence-corrected chi connectivity index (χ0v) is 9.96. The maximum atomic E-state index is 12.3. The number of ketones is 2. The summed E-state index contributed by atoms with van der Waals surface area (Å²) >= 11 is 0. The Balaban J connectivity index is 2.46. The van der Waals surface area contributed by atoms with Gasteiger partial charge < -0.3 is 0 Å². The van der Waals surface area contributed by atoms with Gasteiger partial charge in [-0.2, -0.15) is 10.2 Å². The fourth-order valence-electron chi connectivity index (χ4n) is 1.66. The van der Waals surface area contributed by atoms with Crippen molar-refractivity contribution in [2.75, 3.05) is 0 Å². The van der Waals surface area contributed by atoms with Crippen LogP contribution in [0.15, 0.2) is 42.7 Å². The Bertz CT molecular complexity index is 579. The van der Waals surface area contributed by atoms with Crippen molar-refractivity contribution in [3.63, 3.8) is 0 Å². The van der Waals surface area contributed by atoms with Crippen molar-refractivity contribution in [3.8, 4) is 0 Å². The summed E-state index contributed by atoms with van der Waals surface area (Å²) < 4.78 is 0. The van der Waals surface area contributed by atoms with E-state index >= 15 is 0 Å². The first-order valence-corrected chi connectivity index (χ1v) is 5.67. The molecule has 4 nitrogen and oxygen atoms in total. The van der Waals surface area contributed by atoms with Gasteiger partial charge >= 0.3 is 0 Å². The van der Waals surface area contributed by atoms with E-state index < -0.39 is 0 Å². The standard InChI is InChI=1S/C14H12N2O2/c1-2-13(17)11-8-15-16-9-12(11)14(18)10-6-4-3-5-7-10/h3-9H,2H2,1H3. The number of aromatic nitrogens is 2. The molecule has 0 saturated heterocycles. The molecular weight excluding hydrogens is 228 g/mol. The van der Waals surface area contributed by atoms with E-state index in [1.165, 1.54) is 12.4 Å². The van der Waals surface area contributed by atoms with Gasteiger partial charge in [-0.3, -0.25) is 9.59 Å². The summed E-state index contributed by atoms with van der Waals surface area (Å²) in [6.07, 6.45) is 3.03. The highest BCUT2D eigenvalue weighted by Gasteiger charge is 2.17. The molecule has 2 rings (SSSR count). The smallest absolute Gasteiger partial charge is 0.195 e. The average molecular weight is 240 g/mol. The highest BCUT2D eigenvalue weighted by molar-refractivity contribution is 6.15. The van der Waals surface area contributed by atoms with Crippen molar-refractivity contribution in [3.05, 3.63) is 59.4 Å². The summed E-state index contributed by atoms with van der Waals surface area (Å²) in [4.78, 5) is 24.0. The third kappa shape index (κ3) is 2.32. The maximum absolute atomic E-state index is 12.3. The molecule has 0 spiro atoms. The van der Waals surface area contributed by atoms with Gasteiger partial charge in [0.25, 0.3) is 0 Å². The normalized spacial score (nSPS) is 10.1. The van der Waals surface area contributed by atoms with E-state index in [0.29, 0.717) is 23.1 Å². The zero-order chi connectivity index (χ0) is 13.0. The van der Waals surface area contributed by atoms with Gasteiger partial charge in [0.15, 0.2) is 11.6 Å². The van der Waals surface area contributed by atoms with Gasteiger partial charge in [0.1, 0.15) is 0 Å². The second-order valence-electron chi connectivity index (χ2n) is 3.79. The number of carbonyl (C=O) groups excluding carboxylic acids is 2. The molecule has 1 aromatic heterocycles. The highest BCUT2D eigenvalue weighted by Crippen LogP contribution is 2.14. The molecule has 18 heavy (non-hydrogen) atoms. The lowest BCUT2D eigenvalue weighted by Gasteiger charge is -2.05. The Labute approximate surface area is 105 Å². The van der Waals surface area contributed by atoms with Crippen LogP contribution < -0.4 is 0 Å². The topological polar surface area (TPSA) is 59.9 Å². The van der Waals surface area contributed by atoms with E-state index in [1.54, 1.807) is 31.2 Å². The van der Waals surface area contributed by atoms with Gasteiger partial charge in [-0.25, -0.2) is 0 Å². The minimum absolute atomic E-state index is 0.107. The first-order chi connectivity index (χ1) is 8.74. The van der Waals surface area contributed by atoms with Crippen molar-refractivity contribution in [2.24, 2.45) is 0 Å². The zero-order valence-electron chi connectivity index (χ0n) is 9.96. The quantitative estimate of drug-likeness (QED) is 0.769. The van der Waals surface area contributed by atoms with Gasteiger partial charge in [0.05, 0.1) is 23.5 Å². The Morgan fingerprint density at radius 1 is 1.00 bits per heavy atom. The van der Waals surface area contributed by atoms with Crippen molar-refractivity contribution in [1.29, 1.82) is 0 Å². The molecule has 0 N–H and O–H groups in total. The molecule has 0 aliphatic heterocycles. The lowest BCUT2D eigenvalue weighted by atomic mass is 9.98. The molecule has 0 radical (unpaired) electrons. The van der Waals surface area contributed by atoms with Crippen molar-refractivity contribution < 1.29 is 9.59 Å². The molecule has 2 aromatic rings. The molecule has 4 heteroatoms. The fraction of sp³-hybridized carbons (Fsp3) is 0.143. The van der Waals surface area contributed by atoms with Crippen LogP contribution in [0.3, 0.4) is 0 Å². The van der Waals surface area contributed by atoms with E-state index in [2.05, 4.69) is 10.2 Å². The molecule has 0 atom stereocenters. The van der Waals surface area contributed by atoms with Crippen LogP contribution in [0.1, 0.15) is 39.6 Å². The fourth-order valence-corrected chi connectivity index (χ4v) is 1.66. The van der Waals surface area contributed by atoms with Crippen molar-refractivity contribution >= 4 is 11.6 Å². The second kappa shape index (κ2) is 5.31. The van der Waals surface area contributed by atoms with Gasteiger partial charge in [0, 0.05) is 12.0 Å². The summed E-state index contributed by atoms with van der Waals surface area (Å²) in [5, 5.41) is 7.35. The minimum atomic E-state index is -0.206. The van der Waals surface area contributed by atoms with Crippen LogP contribution in [0.25, 0.3) is 0 Å². The first kappa shape index (κ1) is 12.1. The molecular formula is C14H12N2O2. The number of carbonyl (C=O) groups is 2. The molecule has 90 valence electrons. The molecule has 0 saturated carbocycles. The largest absolute Gasteiger partial charge is 0.294 e. The Kier molecular flexibility index (Phi) is 3.57. The summed E-state index contributed by atoms with van der Waals surface area (Å²) in [7, 11) is 0. The lowest BCUT2D eigenvalue weighted by Crippen LogP contribution is -2.11. The van der Waals surface area contributed by atoms with E-state index in [0.717, 1.165) is 0 Å².